The number of piperidine rings is 1. The Bertz CT molecular complexity index is 969. The largest absolute Gasteiger partial charge is 0.419 e. The summed E-state index contributed by atoms with van der Waals surface area (Å²) < 4.78 is 6.52. The van der Waals surface area contributed by atoms with Crippen LogP contribution in [0.3, 0.4) is 0 Å². The van der Waals surface area contributed by atoms with Gasteiger partial charge in [-0.3, -0.25) is 19.3 Å². The van der Waals surface area contributed by atoms with Crippen molar-refractivity contribution in [3.05, 3.63) is 58.6 Å². The van der Waals surface area contributed by atoms with Crippen LogP contribution in [0.1, 0.15) is 34.8 Å². The van der Waals surface area contributed by atoms with Crippen molar-refractivity contribution in [1.82, 2.24) is 19.4 Å². The van der Waals surface area contributed by atoms with Crippen LogP contribution < -0.4 is 5.76 Å². The van der Waals surface area contributed by atoms with Gasteiger partial charge >= 0.3 is 5.76 Å². The number of benzene rings is 1. The van der Waals surface area contributed by atoms with E-state index in [0.717, 1.165) is 18.5 Å². The van der Waals surface area contributed by atoms with Crippen molar-refractivity contribution in [1.29, 1.82) is 0 Å². The van der Waals surface area contributed by atoms with E-state index >= 15 is 0 Å². The van der Waals surface area contributed by atoms with Crippen LogP contribution in [0.25, 0.3) is 11.1 Å². The Labute approximate surface area is 143 Å². The number of carbonyl (C=O) groups excluding carboxylic acids is 1. The van der Waals surface area contributed by atoms with Gasteiger partial charge in [-0.25, -0.2) is 4.79 Å². The van der Waals surface area contributed by atoms with Gasteiger partial charge in [0.2, 0.25) is 0 Å². The second-order valence-electron chi connectivity index (χ2n) is 6.31. The predicted octanol–water partition coefficient (Wildman–Crippen LogP) is 1.94. The quantitative estimate of drug-likeness (QED) is 0.713. The lowest BCUT2D eigenvalue weighted by Gasteiger charge is -2.31. The van der Waals surface area contributed by atoms with Crippen molar-refractivity contribution < 1.29 is 9.21 Å². The number of hydrogen-bond acceptors (Lipinski definition) is 5. The Kier molecular flexibility index (Phi) is 3.83. The molecule has 0 radical (unpaired) electrons. The summed E-state index contributed by atoms with van der Waals surface area (Å²) in [4.78, 5) is 34.7. The van der Waals surface area contributed by atoms with Crippen LogP contribution in [0.15, 0.2) is 46.0 Å². The van der Waals surface area contributed by atoms with Gasteiger partial charge in [-0.2, -0.15) is 0 Å². The number of hydrogen-bond donors (Lipinski definition) is 0. The van der Waals surface area contributed by atoms with Gasteiger partial charge in [0.25, 0.3) is 5.91 Å². The van der Waals surface area contributed by atoms with E-state index < -0.39 is 5.76 Å². The molecule has 3 heterocycles. The van der Waals surface area contributed by atoms with Crippen molar-refractivity contribution in [2.45, 2.75) is 18.8 Å². The summed E-state index contributed by atoms with van der Waals surface area (Å²) in [7, 11) is 1.63. The first-order chi connectivity index (χ1) is 12.1. The molecule has 0 unspecified atom stereocenters. The number of likely N-dealkylation sites (tertiary alicyclic amines) is 1. The zero-order chi connectivity index (χ0) is 17.4. The van der Waals surface area contributed by atoms with Crippen LogP contribution in [0, 0.1) is 0 Å². The van der Waals surface area contributed by atoms with Crippen LogP contribution in [-0.4, -0.2) is 38.4 Å². The molecular formula is C18H18N4O3. The number of rotatable bonds is 2. The van der Waals surface area contributed by atoms with Crippen LogP contribution in [0.5, 0.6) is 0 Å². The monoisotopic (exact) mass is 338 g/mol. The van der Waals surface area contributed by atoms with E-state index in [-0.39, 0.29) is 5.91 Å². The number of nitrogens with zero attached hydrogens (tertiary/aromatic N) is 4. The summed E-state index contributed by atoms with van der Waals surface area (Å²) in [5, 5.41) is 0. The third-order valence-corrected chi connectivity index (χ3v) is 4.82. The molecule has 128 valence electrons. The third-order valence-electron chi connectivity index (χ3n) is 4.82. The number of aromatic nitrogens is 3. The highest BCUT2D eigenvalue weighted by Crippen LogP contribution is 2.27. The molecule has 1 aromatic carbocycles. The second-order valence-corrected chi connectivity index (χ2v) is 6.31. The molecule has 1 fully saturated rings. The summed E-state index contributed by atoms with van der Waals surface area (Å²) in [6.45, 7) is 1.37. The first-order valence-corrected chi connectivity index (χ1v) is 8.28. The third kappa shape index (κ3) is 2.82. The lowest BCUT2D eigenvalue weighted by Crippen LogP contribution is -2.38. The molecule has 0 atom stereocenters. The van der Waals surface area contributed by atoms with E-state index in [0.29, 0.717) is 35.7 Å². The molecule has 0 N–H and O–H groups in total. The molecule has 1 aliphatic heterocycles. The van der Waals surface area contributed by atoms with Gasteiger partial charge in [0.15, 0.2) is 5.58 Å². The highest BCUT2D eigenvalue weighted by molar-refractivity contribution is 5.97. The lowest BCUT2D eigenvalue weighted by molar-refractivity contribution is 0.0712. The number of amides is 1. The summed E-state index contributed by atoms with van der Waals surface area (Å²) >= 11 is 0. The van der Waals surface area contributed by atoms with Gasteiger partial charge in [-0.1, -0.05) is 0 Å². The average molecular weight is 338 g/mol. The van der Waals surface area contributed by atoms with Crippen molar-refractivity contribution in [3.8, 4) is 0 Å². The van der Waals surface area contributed by atoms with E-state index in [9.17, 15) is 9.59 Å². The molecule has 1 saturated heterocycles. The van der Waals surface area contributed by atoms with Gasteiger partial charge in [-0.15, -0.1) is 0 Å². The summed E-state index contributed by atoms with van der Waals surface area (Å²) in [6.07, 6.45) is 6.92. The summed E-state index contributed by atoms with van der Waals surface area (Å²) in [6, 6.07) is 5.11. The maximum absolute atomic E-state index is 12.8. The maximum Gasteiger partial charge on any atom is 0.419 e. The van der Waals surface area contributed by atoms with E-state index in [2.05, 4.69) is 9.97 Å². The zero-order valence-corrected chi connectivity index (χ0v) is 13.9. The Morgan fingerprint density at radius 3 is 2.76 bits per heavy atom. The summed E-state index contributed by atoms with van der Waals surface area (Å²) in [5.41, 5.74) is 2.68. The Hall–Kier alpha value is -2.96. The van der Waals surface area contributed by atoms with E-state index in [4.69, 9.17) is 4.42 Å². The molecule has 2 aromatic heterocycles. The average Bonchev–Trinajstić information content (AvgIpc) is 2.95. The minimum absolute atomic E-state index is 0.0202. The highest BCUT2D eigenvalue weighted by Gasteiger charge is 2.25. The van der Waals surface area contributed by atoms with Crippen LogP contribution in [0.4, 0.5) is 0 Å². The molecular weight excluding hydrogens is 320 g/mol. The van der Waals surface area contributed by atoms with Gasteiger partial charge in [0, 0.05) is 50.2 Å². The molecule has 0 saturated carbocycles. The van der Waals surface area contributed by atoms with E-state index in [1.54, 1.807) is 43.8 Å². The molecule has 0 spiro atoms. The van der Waals surface area contributed by atoms with Crippen molar-refractivity contribution >= 4 is 17.0 Å². The fraction of sp³-hybridized carbons (Fsp3) is 0.333. The van der Waals surface area contributed by atoms with Crippen molar-refractivity contribution in [2.75, 3.05) is 13.1 Å². The molecule has 1 amide bonds. The lowest BCUT2D eigenvalue weighted by atomic mass is 9.93. The second kappa shape index (κ2) is 6.16. The molecule has 7 heteroatoms. The van der Waals surface area contributed by atoms with Crippen molar-refractivity contribution in [3.63, 3.8) is 0 Å². The number of oxazole rings is 1. The number of carbonyl (C=O) groups is 1. The van der Waals surface area contributed by atoms with Crippen molar-refractivity contribution in [2.24, 2.45) is 7.05 Å². The molecule has 0 aliphatic carbocycles. The van der Waals surface area contributed by atoms with Gasteiger partial charge in [0.1, 0.15) is 0 Å². The fourth-order valence-electron chi connectivity index (χ4n) is 3.34. The normalized spacial score (nSPS) is 15.6. The van der Waals surface area contributed by atoms with Gasteiger partial charge in [-0.05, 0) is 31.0 Å². The number of aryl methyl sites for hydroxylation is 1. The standard InChI is InChI=1S/C18H18N4O3/c1-21-15-10-13(2-3-16(15)25-18(21)24)17(23)22-8-4-12(5-9-22)14-11-19-6-7-20-14/h2-3,6-7,10-12H,4-5,8-9H2,1H3. The molecule has 1 aliphatic rings. The zero-order valence-electron chi connectivity index (χ0n) is 13.9. The molecule has 4 rings (SSSR count). The highest BCUT2D eigenvalue weighted by atomic mass is 16.4. The topological polar surface area (TPSA) is 81.2 Å². The Morgan fingerprint density at radius 1 is 1.24 bits per heavy atom. The first-order valence-electron chi connectivity index (χ1n) is 8.28. The minimum atomic E-state index is -0.426. The maximum atomic E-state index is 12.8. The SMILES string of the molecule is Cn1c(=O)oc2ccc(C(=O)N3CCC(c4cnccn4)CC3)cc21. The van der Waals surface area contributed by atoms with E-state index in [1.165, 1.54) is 4.57 Å². The minimum Gasteiger partial charge on any atom is -0.408 e. The Balaban J connectivity index is 1.50. The smallest absolute Gasteiger partial charge is 0.408 e. The van der Waals surface area contributed by atoms with Crippen LogP contribution in [-0.2, 0) is 7.05 Å². The first kappa shape index (κ1) is 15.6. The predicted molar refractivity (Wildman–Crippen MR) is 91.4 cm³/mol. The molecule has 3 aromatic rings. The van der Waals surface area contributed by atoms with Gasteiger partial charge in [0.05, 0.1) is 11.2 Å². The molecule has 7 nitrogen and oxygen atoms in total. The van der Waals surface area contributed by atoms with Gasteiger partial charge < -0.3 is 9.32 Å². The Morgan fingerprint density at radius 2 is 2.04 bits per heavy atom. The molecule has 25 heavy (non-hydrogen) atoms. The number of fused-ring (bicyclic) bond motifs is 1. The molecule has 0 bridgehead atoms. The fourth-order valence-corrected chi connectivity index (χ4v) is 3.34. The van der Waals surface area contributed by atoms with Crippen LogP contribution >= 0.6 is 0 Å². The van der Waals surface area contributed by atoms with E-state index in [1.807, 2.05) is 4.90 Å². The summed E-state index contributed by atoms with van der Waals surface area (Å²) in [5.74, 6) is -0.104. The van der Waals surface area contributed by atoms with Crippen LogP contribution in [0.2, 0.25) is 0 Å².